The lowest BCUT2D eigenvalue weighted by molar-refractivity contribution is -0.140. The Morgan fingerprint density at radius 1 is 0.929 bits per heavy atom. The highest BCUT2D eigenvalue weighted by Gasteiger charge is 2.10. The lowest BCUT2D eigenvalue weighted by Gasteiger charge is -2.05. The summed E-state index contributed by atoms with van der Waals surface area (Å²) in [6, 6.07) is 0. The largest absolute Gasteiger partial charge is 0.324 e. The third-order valence-corrected chi connectivity index (χ3v) is 1.10. The van der Waals surface area contributed by atoms with Gasteiger partial charge in [-0.05, 0) is 0 Å². The molecule has 0 aromatic heterocycles. The van der Waals surface area contributed by atoms with E-state index in [0.717, 1.165) is 0 Å². The molecule has 0 rings (SSSR count). The van der Waals surface area contributed by atoms with E-state index in [0.29, 0.717) is 13.1 Å². The van der Waals surface area contributed by atoms with E-state index in [4.69, 9.17) is 0 Å². The Labute approximate surface area is 82.4 Å². The predicted molar refractivity (Wildman–Crippen MR) is 52.7 cm³/mol. The highest BCUT2D eigenvalue weighted by atomic mass is 16.2. The number of amides is 2. The van der Waals surface area contributed by atoms with Crippen LogP contribution in [0.2, 0.25) is 0 Å². The van der Waals surface area contributed by atoms with Crippen LogP contribution in [0.1, 0.15) is 0 Å². The molecule has 0 radical (unpaired) electrons. The number of hydrazine groups is 2. The van der Waals surface area contributed by atoms with Crippen molar-refractivity contribution in [1.82, 2.24) is 21.7 Å². The van der Waals surface area contributed by atoms with Crippen LogP contribution in [0.3, 0.4) is 0 Å². The molecule has 0 unspecified atom stereocenters. The van der Waals surface area contributed by atoms with Gasteiger partial charge in [0.1, 0.15) is 0 Å². The normalized spacial score (nSPS) is 8.86. The van der Waals surface area contributed by atoms with Crippen molar-refractivity contribution in [2.24, 2.45) is 0 Å². The van der Waals surface area contributed by atoms with E-state index >= 15 is 0 Å². The predicted octanol–water partition coefficient (Wildman–Crippen LogP) is -1.40. The molecule has 0 aromatic carbocycles. The van der Waals surface area contributed by atoms with Gasteiger partial charge in [-0.25, -0.2) is 10.9 Å². The van der Waals surface area contributed by atoms with Crippen LogP contribution in [0.25, 0.3) is 0 Å². The molecule has 0 saturated heterocycles. The van der Waals surface area contributed by atoms with E-state index in [1.807, 2.05) is 0 Å². The first-order valence-corrected chi connectivity index (χ1v) is 4.00. The van der Waals surface area contributed by atoms with Crippen molar-refractivity contribution >= 4 is 11.8 Å². The average molecular weight is 198 g/mol. The first kappa shape index (κ1) is 12.3. The van der Waals surface area contributed by atoms with Crippen molar-refractivity contribution in [3.05, 3.63) is 25.3 Å². The summed E-state index contributed by atoms with van der Waals surface area (Å²) in [5, 5.41) is 0. The van der Waals surface area contributed by atoms with E-state index in [9.17, 15) is 9.59 Å². The molecule has 0 atom stereocenters. The summed E-state index contributed by atoms with van der Waals surface area (Å²) in [6.07, 6.45) is 3.10. The van der Waals surface area contributed by atoms with E-state index in [1.165, 1.54) is 0 Å². The maximum atomic E-state index is 10.9. The topological polar surface area (TPSA) is 82.3 Å². The molecule has 0 bridgehead atoms. The number of nitrogens with one attached hydrogen (secondary N) is 4. The molecule has 0 heterocycles. The Hall–Kier alpha value is -1.66. The molecule has 0 fully saturated rings. The van der Waals surface area contributed by atoms with E-state index in [-0.39, 0.29) is 0 Å². The van der Waals surface area contributed by atoms with Crippen LogP contribution in [0, 0.1) is 0 Å². The molecule has 14 heavy (non-hydrogen) atoms. The van der Waals surface area contributed by atoms with Gasteiger partial charge in [0.25, 0.3) is 0 Å². The van der Waals surface area contributed by atoms with Crippen LogP contribution < -0.4 is 21.7 Å². The summed E-state index contributed by atoms with van der Waals surface area (Å²) in [6.45, 7) is 7.63. The number of hydrogen-bond acceptors (Lipinski definition) is 4. The molecule has 78 valence electrons. The van der Waals surface area contributed by atoms with Crippen LogP contribution in [-0.2, 0) is 9.59 Å². The Bertz CT molecular complexity index is 203. The van der Waals surface area contributed by atoms with Gasteiger partial charge in [0.2, 0.25) is 0 Å². The molecule has 0 aliphatic rings. The van der Waals surface area contributed by atoms with Gasteiger partial charge in [-0.15, -0.1) is 13.2 Å². The van der Waals surface area contributed by atoms with Crippen molar-refractivity contribution in [2.45, 2.75) is 0 Å². The van der Waals surface area contributed by atoms with Crippen molar-refractivity contribution in [1.29, 1.82) is 0 Å². The van der Waals surface area contributed by atoms with E-state index in [1.54, 1.807) is 12.2 Å². The fourth-order valence-electron chi connectivity index (χ4n) is 0.520. The molecule has 0 aromatic rings. The maximum absolute atomic E-state index is 10.9. The summed E-state index contributed by atoms with van der Waals surface area (Å²) < 4.78 is 0. The van der Waals surface area contributed by atoms with Gasteiger partial charge in [-0.3, -0.25) is 20.4 Å². The first-order chi connectivity index (χ1) is 6.72. The molecular weight excluding hydrogens is 184 g/mol. The quantitative estimate of drug-likeness (QED) is 0.183. The molecule has 6 heteroatoms. The van der Waals surface area contributed by atoms with Gasteiger partial charge < -0.3 is 0 Å². The standard InChI is InChI=1S/C8H14N4O2/c1-3-5-9-11-7(13)8(14)12-10-6-4-2/h3-4,9-10H,1-2,5-6H2,(H,11,13)(H,12,14). The lowest BCUT2D eigenvalue weighted by atomic mass is 10.6. The van der Waals surface area contributed by atoms with Crippen molar-refractivity contribution in [3.63, 3.8) is 0 Å². The number of hydrogen-bond donors (Lipinski definition) is 4. The van der Waals surface area contributed by atoms with Gasteiger partial charge >= 0.3 is 11.8 Å². The minimum absolute atomic E-state index is 0.388. The van der Waals surface area contributed by atoms with Crippen LogP contribution in [-0.4, -0.2) is 24.9 Å². The Kier molecular flexibility index (Phi) is 7.02. The minimum Gasteiger partial charge on any atom is -0.283 e. The smallest absolute Gasteiger partial charge is 0.283 e. The van der Waals surface area contributed by atoms with Crippen LogP contribution >= 0.6 is 0 Å². The molecule has 2 amide bonds. The van der Waals surface area contributed by atoms with Crippen molar-refractivity contribution in [3.8, 4) is 0 Å². The third-order valence-electron chi connectivity index (χ3n) is 1.10. The SMILES string of the molecule is C=CCNNC(=O)C(=O)NNCC=C. The zero-order chi connectivity index (χ0) is 10.8. The fourth-order valence-corrected chi connectivity index (χ4v) is 0.520. The van der Waals surface area contributed by atoms with Crippen molar-refractivity contribution in [2.75, 3.05) is 13.1 Å². The van der Waals surface area contributed by atoms with E-state index in [2.05, 4.69) is 34.9 Å². The molecule has 0 aliphatic carbocycles. The molecular formula is C8H14N4O2. The highest BCUT2D eigenvalue weighted by molar-refractivity contribution is 6.34. The zero-order valence-electron chi connectivity index (χ0n) is 7.80. The molecule has 4 N–H and O–H groups in total. The van der Waals surface area contributed by atoms with Gasteiger partial charge in [-0.1, -0.05) is 12.2 Å². The molecule has 0 spiro atoms. The average Bonchev–Trinajstić information content (AvgIpc) is 2.18. The number of carbonyl (C=O) groups is 2. The second kappa shape index (κ2) is 7.96. The number of carbonyl (C=O) groups excluding carboxylic acids is 2. The molecule has 0 aliphatic heterocycles. The second-order valence-corrected chi connectivity index (χ2v) is 2.25. The van der Waals surface area contributed by atoms with Crippen LogP contribution in [0.4, 0.5) is 0 Å². The summed E-state index contributed by atoms with van der Waals surface area (Å²) in [7, 11) is 0. The van der Waals surface area contributed by atoms with Crippen molar-refractivity contribution < 1.29 is 9.59 Å². The Balaban J connectivity index is 3.59. The summed E-state index contributed by atoms with van der Waals surface area (Å²) in [5.74, 6) is -1.55. The van der Waals surface area contributed by atoms with Crippen LogP contribution in [0.15, 0.2) is 25.3 Å². The van der Waals surface area contributed by atoms with Gasteiger partial charge in [0.15, 0.2) is 0 Å². The van der Waals surface area contributed by atoms with Crippen LogP contribution in [0.5, 0.6) is 0 Å². The first-order valence-electron chi connectivity index (χ1n) is 4.00. The van der Waals surface area contributed by atoms with E-state index < -0.39 is 11.8 Å². The summed E-state index contributed by atoms with van der Waals surface area (Å²) in [5.41, 5.74) is 9.30. The minimum atomic E-state index is -0.775. The summed E-state index contributed by atoms with van der Waals surface area (Å²) >= 11 is 0. The second-order valence-electron chi connectivity index (χ2n) is 2.25. The van der Waals surface area contributed by atoms with Gasteiger partial charge in [-0.2, -0.15) is 0 Å². The highest BCUT2D eigenvalue weighted by Crippen LogP contribution is 1.64. The maximum Gasteiger partial charge on any atom is 0.324 e. The summed E-state index contributed by atoms with van der Waals surface area (Å²) in [4.78, 5) is 21.9. The Morgan fingerprint density at radius 2 is 1.29 bits per heavy atom. The monoisotopic (exact) mass is 198 g/mol. The molecule has 6 nitrogen and oxygen atoms in total. The molecule has 0 saturated carbocycles. The Morgan fingerprint density at radius 3 is 1.57 bits per heavy atom. The van der Waals surface area contributed by atoms with Gasteiger partial charge in [0.05, 0.1) is 0 Å². The third kappa shape index (κ3) is 5.92. The zero-order valence-corrected chi connectivity index (χ0v) is 7.80. The lowest BCUT2D eigenvalue weighted by Crippen LogP contribution is -2.50. The number of rotatable bonds is 6. The fraction of sp³-hybridized carbons (Fsp3) is 0.250. The van der Waals surface area contributed by atoms with Gasteiger partial charge in [0, 0.05) is 13.1 Å².